The molecule has 1 N–H and O–H groups in total. The van der Waals surface area contributed by atoms with Crippen LogP contribution in [0.5, 0.6) is 11.5 Å². The molecule has 0 saturated heterocycles. The summed E-state index contributed by atoms with van der Waals surface area (Å²) in [5.74, 6) is 0.890. The largest absolute Gasteiger partial charge is 0.494 e. The summed E-state index contributed by atoms with van der Waals surface area (Å²) < 4.78 is 10.9. The number of aliphatic hydroxyl groups is 1. The fourth-order valence-electron chi connectivity index (χ4n) is 2.57. The van der Waals surface area contributed by atoms with Gasteiger partial charge in [-0.05, 0) is 55.2 Å². The quantitative estimate of drug-likeness (QED) is 0.262. The Balaban J connectivity index is 1.70. The summed E-state index contributed by atoms with van der Waals surface area (Å²) >= 11 is 0. The average Bonchev–Trinajstić information content (AvgIpc) is 2.69. The minimum Gasteiger partial charge on any atom is -0.494 e. The summed E-state index contributed by atoms with van der Waals surface area (Å²) in [5, 5.41) is 9.81. The van der Waals surface area contributed by atoms with E-state index in [9.17, 15) is 9.90 Å². The second kappa shape index (κ2) is 11.9. The van der Waals surface area contributed by atoms with Crippen molar-refractivity contribution in [2.75, 3.05) is 6.61 Å². The average molecular weight is 368 g/mol. The molecular formula is C23H28O4. The summed E-state index contributed by atoms with van der Waals surface area (Å²) in [7, 11) is 0. The Kier molecular flexibility index (Phi) is 9.14. The Bertz CT molecular complexity index is 692. The fourth-order valence-corrected chi connectivity index (χ4v) is 2.57. The Morgan fingerprint density at radius 1 is 1.00 bits per heavy atom. The molecule has 0 spiro atoms. The van der Waals surface area contributed by atoms with Gasteiger partial charge >= 0.3 is 5.97 Å². The highest BCUT2D eigenvalue weighted by Crippen LogP contribution is 2.15. The van der Waals surface area contributed by atoms with Crippen LogP contribution < -0.4 is 9.47 Å². The van der Waals surface area contributed by atoms with Gasteiger partial charge in [0.25, 0.3) is 0 Å². The van der Waals surface area contributed by atoms with E-state index in [0.717, 1.165) is 43.4 Å². The molecule has 4 nitrogen and oxygen atoms in total. The van der Waals surface area contributed by atoms with E-state index in [1.165, 1.54) is 6.08 Å². The standard InChI is InChI=1S/C23H28O4/c1-2-3-8-20(24)9-7-18-26-21-15-12-19(13-16-21)14-17-23(25)27-22-10-5-4-6-11-22/h4-6,10-17,20,24H,2-3,7-9,18H2,1H3. The van der Waals surface area contributed by atoms with Crippen molar-refractivity contribution in [3.05, 3.63) is 66.2 Å². The van der Waals surface area contributed by atoms with Crippen LogP contribution >= 0.6 is 0 Å². The van der Waals surface area contributed by atoms with E-state index in [4.69, 9.17) is 9.47 Å². The van der Waals surface area contributed by atoms with E-state index in [0.29, 0.717) is 12.4 Å². The van der Waals surface area contributed by atoms with Crippen molar-refractivity contribution in [1.82, 2.24) is 0 Å². The number of ether oxygens (including phenoxy) is 2. The molecule has 0 heterocycles. The Morgan fingerprint density at radius 2 is 1.70 bits per heavy atom. The van der Waals surface area contributed by atoms with E-state index in [-0.39, 0.29) is 6.10 Å². The SMILES string of the molecule is CCCCC(O)CCCOc1ccc(C=CC(=O)Oc2ccccc2)cc1. The zero-order valence-electron chi connectivity index (χ0n) is 15.8. The van der Waals surface area contributed by atoms with Gasteiger partial charge in [-0.25, -0.2) is 4.79 Å². The summed E-state index contributed by atoms with van der Waals surface area (Å²) in [5.41, 5.74) is 0.891. The van der Waals surface area contributed by atoms with Gasteiger partial charge in [0.1, 0.15) is 11.5 Å². The minimum atomic E-state index is -0.414. The smallest absolute Gasteiger partial charge is 0.336 e. The third-order valence-electron chi connectivity index (χ3n) is 4.09. The lowest BCUT2D eigenvalue weighted by Crippen LogP contribution is -2.08. The number of hydrogen-bond acceptors (Lipinski definition) is 4. The van der Waals surface area contributed by atoms with E-state index >= 15 is 0 Å². The third kappa shape index (κ3) is 8.56. The van der Waals surface area contributed by atoms with Crippen LogP contribution in [-0.2, 0) is 4.79 Å². The highest BCUT2D eigenvalue weighted by Gasteiger charge is 2.03. The number of aliphatic hydroxyl groups excluding tert-OH is 1. The zero-order valence-corrected chi connectivity index (χ0v) is 15.8. The first kappa shape index (κ1) is 20.7. The number of hydrogen-bond donors (Lipinski definition) is 1. The summed E-state index contributed by atoms with van der Waals surface area (Å²) in [6.07, 6.45) is 7.53. The molecule has 2 aromatic rings. The first-order valence-electron chi connectivity index (χ1n) is 9.53. The molecule has 1 unspecified atom stereocenters. The van der Waals surface area contributed by atoms with Crippen LogP contribution in [-0.4, -0.2) is 23.8 Å². The summed E-state index contributed by atoms with van der Waals surface area (Å²) in [4.78, 5) is 11.8. The highest BCUT2D eigenvalue weighted by atomic mass is 16.5. The molecule has 2 rings (SSSR count). The number of para-hydroxylation sites is 1. The number of carbonyl (C=O) groups is 1. The Hall–Kier alpha value is -2.59. The molecule has 1 atom stereocenters. The molecule has 0 fully saturated rings. The first-order valence-corrected chi connectivity index (χ1v) is 9.53. The molecule has 0 aliphatic rings. The van der Waals surface area contributed by atoms with Gasteiger partial charge in [-0.3, -0.25) is 0 Å². The van der Waals surface area contributed by atoms with Crippen molar-refractivity contribution in [2.45, 2.75) is 45.1 Å². The minimum absolute atomic E-state index is 0.225. The molecule has 0 aliphatic heterocycles. The summed E-state index contributed by atoms with van der Waals surface area (Å²) in [6.45, 7) is 2.71. The predicted molar refractivity (Wildman–Crippen MR) is 108 cm³/mol. The number of benzene rings is 2. The van der Waals surface area contributed by atoms with Gasteiger partial charge in [0.05, 0.1) is 12.7 Å². The topological polar surface area (TPSA) is 55.8 Å². The molecule has 0 aliphatic carbocycles. The Morgan fingerprint density at radius 3 is 2.41 bits per heavy atom. The third-order valence-corrected chi connectivity index (χ3v) is 4.09. The van der Waals surface area contributed by atoms with Gasteiger partial charge in [-0.15, -0.1) is 0 Å². The number of carbonyl (C=O) groups excluding carboxylic acids is 1. The number of unbranched alkanes of at least 4 members (excludes halogenated alkanes) is 1. The van der Waals surface area contributed by atoms with Gasteiger partial charge in [0.15, 0.2) is 0 Å². The van der Waals surface area contributed by atoms with Crippen LogP contribution in [0.4, 0.5) is 0 Å². The van der Waals surface area contributed by atoms with Crippen molar-refractivity contribution in [1.29, 1.82) is 0 Å². The van der Waals surface area contributed by atoms with Gasteiger partial charge in [-0.1, -0.05) is 50.1 Å². The maximum absolute atomic E-state index is 11.8. The van der Waals surface area contributed by atoms with E-state index in [1.54, 1.807) is 18.2 Å². The number of rotatable bonds is 11. The Labute approximate surface area is 161 Å². The van der Waals surface area contributed by atoms with Crippen molar-refractivity contribution >= 4 is 12.0 Å². The fraction of sp³-hybridized carbons (Fsp3) is 0.348. The van der Waals surface area contributed by atoms with Crippen LogP contribution in [0.3, 0.4) is 0 Å². The molecular weight excluding hydrogens is 340 g/mol. The molecule has 2 aromatic carbocycles. The molecule has 0 radical (unpaired) electrons. The molecule has 4 heteroatoms. The first-order chi connectivity index (χ1) is 13.2. The van der Waals surface area contributed by atoms with Gasteiger partial charge < -0.3 is 14.6 Å². The molecule has 0 amide bonds. The maximum Gasteiger partial charge on any atom is 0.336 e. The van der Waals surface area contributed by atoms with Gasteiger partial charge in [-0.2, -0.15) is 0 Å². The van der Waals surface area contributed by atoms with E-state index in [1.807, 2.05) is 42.5 Å². The molecule has 144 valence electrons. The van der Waals surface area contributed by atoms with Gasteiger partial charge in [0, 0.05) is 6.08 Å². The van der Waals surface area contributed by atoms with Crippen LogP contribution in [0.1, 0.15) is 44.6 Å². The zero-order chi connectivity index (χ0) is 19.3. The van der Waals surface area contributed by atoms with Crippen LogP contribution in [0.25, 0.3) is 6.08 Å². The lowest BCUT2D eigenvalue weighted by molar-refractivity contribution is -0.128. The van der Waals surface area contributed by atoms with Gasteiger partial charge in [0.2, 0.25) is 0 Å². The van der Waals surface area contributed by atoms with Crippen molar-refractivity contribution in [3.8, 4) is 11.5 Å². The normalized spacial score (nSPS) is 12.1. The molecule has 27 heavy (non-hydrogen) atoms. The number of esters is 1. The lowest BCUT2D eigenvalue weighted by Gasteiger charge is -2.10. The molecule has 0 bridgehead atoms. The van der Waals surface area contributed by atoms with Crippen molar-refractivity contribution < 1.29 is 19.4 Å². The van der Waals surface area contributed by atoms with Crippen molar-refractivity contribution in [2.24, 2.45) is 0 Å². The second-order valence-electron chi connectivity index (χ2n) is 6.42. The monoisotopic (exact) mass is 368 g/mol. The van der Waals surface area contributed by atoms with Crippen LogP contribution in [0.2, 0.25) is 0 Å². The lowest BCUT2D eigenvalue weighted by atomic mass is 10.1. The maximum atomic E-state index is 11.8. The van der Waals surface area contributed by atoms with Crippen LogP contribution in [0, 0.1) is 0 Å². The molecule has 0 saturated carbocycles. The predicted octanol–water partition coefficient (Wildman–Crippen LogP) is 5.02. The second-order valence-corrected chi connectivity index (χ2v) is 6.42. The van der Waals surface area contributed by atoms with Crippen LogP contribution in [0.15, 0.2) is 60.7 Å². The van der Waals surface area contributed by atoms with E-state index < -0.39 is 5.97 Å². The molecule has 0 aromatic heterocycles. The van der Waals surface area contributed by atoms with E-state index in [2.05, 4.69) is 6.92 Å². The summed E-state index contributed by atoms with van der Waals surface area (Å²) in [6, 6.07) is 16.5. The van der Waals surface area contributed by atoms with Crippen molar-refractivity contribution in [3.63, 3.8) is 0 Å². The highest BCUT2D eigenvalue weighted by molar-refractivity contribution is 5.88.